The van der Waals surface area contributed by atoms with Crippen molar-refractivity contribution < 1.29 is 89.4 Å². The molecule has 17 unspecified atom stereocenters. The van der Waals surface area contributed by atoms with Gasteiger partial charge in [0.25, 0.3) is 0 Å². The van der Waals surface area contributed by atoms with E-state index in [4.69, 9.17) is 28.4 Å². The maximum atomic E-state index is 13.4. The quantitative estimate of drug-likeness (QED) is 0.0199. The first-order valence-electron chi connectivity index (χ1n) is 38.2. The SMILES string of the molecule is CCCCCCCCCCCCCCCCCCCCC/C=C/CC/C=C/CC/C=C/C(O)C(COC1OC(CO)C(OC2OC(CO)C(OC3OC(CO)C(O)C(O)C3O)C(O)C2O)C(O)C1O)NC(=O)CCCCCCCCCCCCCCCCCCCCCC. The van der Waals surface area contributed by atoms with Crippen LogP contribution in [-0.4, -0.2) is 193 Å². The van der Waals surface area contributed by atoms with Crippen molar-refractivity contribution in [2.45, 2.75) is 407 Å². The van der Waals surface area contributed by atoms with E-state index in [1.165, 1.54) is 225 Å². The van der Waals surface area contributed by atoms with Gasteiger partial charge in [-0.15, -0.1) is 0 Å². The van der Waals surface area contributed by atoms with Crippen LogP contribution in [0.15, 0.2) is 36.5 Å². The number of aliphatic hydroxyl groups excluding tert-OH is 11. The first-order chi connectivity index (χ1) is 45.8. The molecule has 0 aromatic heterocycles. The molecule has 0 aromatic rings. The van der Waals surface area contributed by atoms with Crippen LogP contribution in [-0.2, 0) is 33.2 Å². The van der Waals surface area contributed by atoms with Crippen molar-refractivity contribution in [2.75, 3.05) is 26.4 Å². The smallest absolute Gasteiger partial charge is 0.220 e. The van der Waals surface area contributed by atoms with Gasteiger partial charge in [-0.1, -0.05) is 288 Å². The standard InChI is InChI=1S/C75H139NO18/c1-3-5-7-9-11-13-15-17-19-21-23-25-26-27-28-29-30-31-32-33-34-36-38-40-42-44-46-48-50-52-59(80)58(76-63(81)53-51-49-47-45-43-41-39-37-35-24-22-20-18-16-14-12-10-8-6-4-2)57-89-73-69(87)66(84)71(61(55-78)91-73)94-75-70(88)67(85)72(62(56-79)92-75)93-74-68(86)65(83)64(82)60(54-77)90-74/h34,36,42,44,50,52,58-62,64-75,77-80,82-88H,3-33,35,37-41,43,45-49,51,53-57H2,1-2H3,(H,76,81)/b36-34+,44-42+,52-50+. The largest absolute Gasteiger partial charge is 0.394 e. The number of ether oxygens (including phenoxy) is 6. The Labute approximate surface area is 568 Å². The average Bonchev–Trinajstić information content (AvgIpc) is 0.787. The fourth-order valence-electron chi connectivity index (χ4n) is 13.0. The van der Waals surface area contributed by atoms with Crippen molar-refractivity contribution in [3.05, 3.63) is 36.5 Å². The summed E-state index contributed by atoms with van der Waals surface area (Å²) in [5.74, 6) is -0.284. The molecule has 0 bridgehead atoms. The maximum Gasteiger partial charge on any atom is 0.220 e. The van der Waals surface area contributed by atoms with Crippen LogP contribution < -0.4 is 5.32 Å². The summed E-state index contributed by atoms with van der Waals surface area (Å²) in [7, 11) is 0. The molecule has 0 radical (unpaired) electrons. The number of carbonyl (C=O) groups is 1. The van der Waals surface area contributed by atoms with Crippen LogP contribution in [0.1, 0.15) is 303 Å². The lowest BCUT2D eigenvalue weighted by atomic mass is 9.96. The minimum absolute atomic E-state index is 0.236. The Balaban J connectivity index is 1.42. The van der Waals surface area contributed by atoms with Crippen molar-refractivity contribution in [1.29, 1.82) is 0 Å². The lowest BCUT2D eigenvalue weighted by Crippen LogP contribution is -2.66. The highest BCUT2D eigenvalue weighted by molar-refractivity contribution is 5.76. The van der Waals surface area contributed by atoms with Crippen molar-refractivity contribution in [3.63, 3.8) is 0 Å². The molecule has 0 spiro atoms. The third-order valence-electron chi connectivity index (χ3n) is 19.2. The highest BCUT2D eigenvalue weighted by Crippen LogP contribution is 2.33. The summed E-state index contributed by atoms with van der Waals surface area (Å²) < 4.78 is 34.4. The summed E-state index contributed by atoms with van der Waals surface area (Å²) >= 11 is 0. The molecule has 3 fully saturated rings. The van der Waals surface area contributed by atoms with Crippen molar-refractivity contribution in [1.82, 2.24) is 5.32 Å². The maximum absolute atomic E-state index is 13.4. The molecule has 1 amide bonds. The molecule has 3 aliphatic heterocycles. The van der Waals surface area contributed by atoms with Crippen LogP contribution in [0, 0.1) is 0 Å². The number of allylic oxidation sites excluding steroid dienone is 5. The zero-order valence-corrected chi connectivity index (χ0v) is 58.7. The van der Waals surface area contributed by atoms with Gasteiger partial charge in [-0.25, -0.2) is 0 Å². The monoisotopic (exact) mass is 1340 g/mol. The highest BCUT2D eigenvalue weighted by atomic mass is 16.8. The molecule has 12 N–H and O–H groups in total. The van der Waals surface area contributed by atoms with Gasteiger partial charge in [-0.2, -0.15) is 0 Å². The van der Waals surface area contributed by atoms with Gasteiger partial charge in [0.15, 0.2) is 18.9 Å². The van der Waals surface area contributed by atoms with Gasteiger partial charge in [0.2, 0.25) is 5.91 Å². The molecule has 3 rings (SSSR count). The molecule has 552 valence electrons. The molecule has 0 saturated carbocycles. The van der Waals surface area contributed by atoms with E-state index in [0.717, 1.165) is 44.9 Å². The first kappa shape index (κ1) is 86.2. The second kappa shape index (κ2) is 56.7. The first-order valence-corrected chi connectivity index (χ1v) is 38.2. The van der Waals surface area contributed by atoms with Gasteiger partial charge in [0.1, 0.15) is 73.2 Å². The summed E-state index contributed by atoms with van der Waals surface area (Å²) in [5, 5.41) is 121. The van der Waals surface area contributed by atoms with Crippen LogP contribution in [0.2, 0.25) is 0 Å². The fraction of sp³-hybridized carbons (Fsp3) is 0.907. The van der Waals surface area contributed by atoms with Gasteiger partial charge in [-0.05, 0) is 44.9 Å². The summed E-state index contributed by atoms with van der Waals surface area (Å²) in [5.41, 5.74) is 0. The number of nitrogens with one attached hydrogen (secondary N) is 1. The zero-order valence-electron chi connectivity index (χ0n) is 58.7. The minimum Gasteiger partial charge on any atom is -0.394 e. The molecule has 0 aliphatic carbocycles. The van der Waals surface area contributed by atoms with E-state index in [1.54, 1.807) is 6.08 Å². The second-order valence-corrected chi connectivity index (χ2v) is 27.5. The molecule has 0 aromatic carbocycles. The van der Waals surface area contributed by atoms with Crippen LogP contribution >= 0.6 is 0 Å². The van der Waals surface area contributed by atoms with Crippen LogP contribution in [0.25, 0.3) is 0 Å². The molecule has 19 heteroatoms. The lowest BCUT2D eigenvalue weighted by molar-refractivity contribution is -0.379. The highest BCUT2D eigenvalue weighted by Gasteiger charge is 2.53. The zero-order chi connectivity index (χ0) is 68.2. The van der Waals surface area contributed by atoms with Crippen LogP contribution in [0.5, 0.6) is 0 Å². The molecular weight excluding hydrogens is 1200 g/mol. The molecule has 17 atom stereocenters. The van der Waals surface area contributed by atoms with Gasteiger partial charge in [-0.3, -0.25) is 4.79 Å². The van der Waals surface area contributed by atoms with E-state index in [1.807, 2.05) is 6.08 Å². The van der Waals surface area contributed by atoms with Crippen molar-refractivity contribution in [2.24, 2.45) is 0 Å². The summed E-state index contributed by atoms with van der Waals surface area (Å²) in [6.45, 7) is 1.75. The van der Waals surface area contributed by atoms with Gasteiger partial charge < -0.3 is 89.9 Å². The van der Waals surface area contributed by atoms with Gasteiger partial charge in [0.05, 0.1) is 38.6 Å². The van der Waals surface area contributed by atoms with E-state index < -0.39 is 124 Å². The number of hydrogen-bond acceptors (Lipinski definition) is 18. The van der Waals surface area contributed by atoms with E-state index >= 15 is 0 Å². The van der Waals surface area contributed by atoms with E-state index in [-0.39, 0.29) is 18.9 Å². The average molecular weight is 1340 g/mol. The number of unbranched alkanes of at least 4 members (excludes halogenated alkanes) is 40. The van der Waals surface area contributed by atoms with Crippen molar-refractivity contribution >= 4 is 5.91 Å². The Kier molecular flexibility index (Phi) is 52.0. The van der Waals surface area contributed by atoms with Crippen LogP contribution in [0.4, 0.5) is 0 Å². The summed E-state index contributed by atoms with van der Waals surface area (Å²) in [4.78, 5) is 13.4. The Morgan fingerprint density at radius 1 is 0.372 bits per heavy atom. The Hall–Kier alpha value is -1.99. The molecule has 3 heterocycles. The predicted octanol–water partition coefficient (Wildman–Crippen LogP) is 11.6. The number of carbonyl (C=O) groups excluding carboxylic acids is 1. The molecule has 94 heavy (non-hydrogen) atoms. The topological polar surface area (TPSA) is 307 Å². The normalized spacial score (nSPS) is 27.5. The third kappa shape index (κ3) is 37.4. The molecule has 19 nitrogen and oxygen atoms in total. The molecular formula is C75H139NO18. The van der Waals surface area contributed by atoms with E-state index in [9.17, 15) is 61.0 Å². The summed E-state index contributed by atoms with van der Waals surface area (Å²) in [6.07, 6.45) is 41.4. The number of hydrogen-bond donors (Lipinski definition) is 12. The number of rotatable bonds is 60. The lowest BCUT2D eigenvalue weighted by Gasteiger charge is -2.48. The number of aliphatic hydroxyl groups is 11. The van der Waals surface area contributed by atoms with Crippen molar-refractivity contribution in [3.8, 4) is 0 Å². The number of amides is 1. The second-order valence-electron chi connectivity index (χ2n) is 27.5. The van der Waals surface area contributed by atoms with Gasteiger partial charge in [0, 0.05) is 6.42 Å². The predicted molar refractivity (Wildman–Crippen MR) is 369 cm³/mol. The Morgan fingerprint density at radius 3 is 1.06 bits per heavy atom. The van der Waals surface area contributed by atoms with E-state index in [0.29, 0.717) is 12.8 Å². The Morgan fingerprint density at radius 2 is 0.681 bits per heavy atom. The van der Waals surface area contributed by atoms with Gasteiger partial charge >= 0.3 is 0 Å². The molecule has 3 saturated heterocycles. The molecule has 3 aliphatic rings. The Bertz CT molecular complexity index is 1840. The summed E-state index contributed by atoms with van der Waals surface area (Å²) in [6, 6.07) is -0.995. The fourth-order valence-corrected chi connectivity index (χ4v) is 13.0. The van der Waals surface area contributed by atoms with E-state index in [2.05, 4.69) is 43.5 Å². The third-order valence-corrected chi connectivity index (χ3v) is 19.2. The minimum atomic E-state index is -1.98. The van der Waals surface area contributed by atoms with Crippen LogP contribution in [0.3, 0.4) is 0 Å².